The summed E-state index contributed by atoms with van der Waals surface area (Å²) < 4.78 is 11.5. The fourth-order valence-electron chi connectivity index (χ4n) is 1.66. The normalized spacial score (nSPS) is 11.7. The van der Waals surface area contributed by atoms with E-state index in [0.717, 1.165) is 10.9 Å². The topological polar surface area (TPSA) is 44.5 Å². The Kier molecular flexibility index (Phi) is 4.32. The second-order valence-electron chi connectivity index (χ2n) is 3.40. The molecule has 0 fully saturated rings. The zero-order valence-corrected chi connectivity index (χ0v) is 10.6. The lowest BCUT2D eigenvalue weighted by Crippen LogP contribution is -2.52. The van der Waals surface area contributed by atoms with E-state index in [9.17, 15) is 0 Å². The average Bonchev–Trinajstić information content (AvgIpc) is 2.19. The highest BCUT2D eigenvalue weighted by atomic mass is 28.4. The van der Waals surface area contributed by atoms with E-state index in [4.69, 9.17) is 14.6 Å². The number of nitrogens with two attached hydrogens (primary N) is 1. The summed E-state index contributed by atoms with van der Waals surface area (Å²) in [5, 5.41) is 1.02. The van der Waals surface area contributed by atoms with Crippen molar-refractivity contribution < 1.29 is 8.85 Å². The number of para-hydroxylation sites is 1. The molecule has 0 aliphatic heterocycles. The molecule has 0 spiro atoms. The predicted molar refractivity (Wildman–Crippen MR) is 65.4 cm³/mol. The standard InChI is InChI=1S/C11H19NO2Si/c1-4-13-15(3,14-5-2)11-9-7-6-8-10(11)12/h6-9H,4-5,12H2,1-3H3. The molecule has 0 saturated heterocycles. The van der Waals surface area contributed by atoms with E-state index in [-0.39, 0.29) is 0 Å². The van der Waals surface area contributed by atoms with Gasteiger partial charge in [0.15, 0.2) is 0 Å². The van der Waals surface area contributed by atoms with Gasteiger partial charge in [0.2, 0.25) is 0 Å². The molecule has 1 aromatic carbocycles. The van der Waals surface area contributed by atoms with Gasteiger partial charge in [0.1, 0.15) is 0 Å². The van der Waals surface area contributed by atoms with Crippen molar-refractivity contribution >= 4 is 19.4 Å². The molecular weight excluding hydrogens is 206 g/mol. The Labute approximate surface area is 92.5 Å². The fourth-order valence-corrected chi connectivity index (χ4v) is 4.16. The highest BCUT2D eigenvalue weighted by Gasteiger charge is 2.35. The largest absolute Gasteiger partial charge is 0.399 e. The molecule has 4 heteroatoms. The van der Waals surface area contributed by atoms with Gasteiger partial charge < -0.3 is 14.6 Å². The molecule has 0 saturated carbocycles. The minimum Gasteiger partial charge on any atom is -0.399 e. The average molecular weight is 225 g/mol. The lowest BCUT2D eigenvalue weighted by Gasteiger charge is -2.27. The smallest absolute Gasteiger partial charge is 0.371 e. The minimum atomic E-state index is -2.30. The van der Waals surface area contributed by atoms with Crippen LogP contribution in [0.4, 0.5) is 5.69 Å². The van der Waals surface area contributed by atoms with E-state index in [1.165, 1.54) is 0 Å². The fraction of sp³-hybridized carbons (Fsp3) is 0.455. The molecule has 0 atom stereocenters. The molecule has 1 aromatic rings. The van der Waals surface area contributed by atoms with Crippen LogP contribution in [0.15, 0.2) is 24.3 Å². The number of anilines is 1. The van der Waals surface area contributed by atoms with E-state index in [2.05, 4.69) is 0 Å². The maximum atomic E-state index is 5.94. The van der Waals surface area contributed by atoms with Crippen molar-refractivity contribution in [3.05, 3.63) is 24.3 Å². The molecular formula is C11H19NO2Si. The van der Waals surface area contributed by atoms with Crippen LogP contribution in [-0.4, -0.2) is 21.8 Å². The summed E-state index contributed by atoms with van der Waals surface area (Å²) in [6, 6.07) is 7.77. The summed E-state index contributed by atoms with van der Waals surface area (Å²) >= 11 is 0. The zero-order chi connectivity index (χ0) is 11.3. The highest BCUT2D eigenvalue weighted by molar-refractivity contribution is 6.81. The van der Waals surface area contributed by atoms with Gasteiger partial charge in [-0.25, -0.2) is 0 Å². The van der Waals surface area contributed by atoms with Gasteiger partial charge in [-0.2, -0.15) is 0 Å². The quantitative estimate of drug-likeness (QED) is 0.612. The first-order chi connectivity index (χ1) is 7.14. The summed E-state index contributed by atoms with van der Waals surface area (Å²) in [5.41, 5.74) is 6.70. The third-order valence-electron chi connectivity index (χ3n) is 2.29. The van der Waals surface area contributed by atoms with Gasteiger partial charge in [-0.15, -0.1) is 0 Å². The van der Waals surface area contributed by atoms with Crippen LogP contribution in [0.3, 0.4) is 0 Å². The van der Waals surface area contributed by atoms with Crippen LogP contribution in [0.1, 0.15) is 13.8 Å². The molecule has 15 heavy (non-hydrogen) atoms. The second-order valence-corrected chi connectivity index (χ2v) is 6.41. The predicted octanol–water partition coefficient (Wildman–Crippen LogP) is 1.62. The minimum absolute atomic E-state index is 0.650. The molecule has 0 aliphatic carbocycles. The van der Waals surface area contributed by atoms with E-state index in [0.29, 0.717) is 13.2 Å². The Morgan fingerprint density at radius 1 is 1.13 bits per heavy atom. The first-order valence-corrected chi connectivity index (χ1v) is 7.58. The highest BCUT2D eigenvalue weighted by Crippen LogP contribution is 2.12. The Morgan fingerprint density at radius 3 is 2.13 bits per heavy atom. The molecule has 0 unspecified atom stereocenters. The molecule has 0 radical (unpaired) electrons. The Morgan fingerprint density at radius 2 is 1.67 bits per heavy atom. The Bertz CT molecular complexity index is 311. The summed E-state index contributed by atoms with van der Waals surface area (Å²) in [6.07, 6.45) is 0. The first kappa shape index (κ1) is 12.2. The van der Waals surface area contributed by atoms with Crippen LogP contribution in [0.2, 0.25) is 6.55 Å². The van der Waals surface area contributed by atoms with Crippen molar-refractivity contribution in [2.45, 2.75) is 20.4 Å². The third-order valence-corrected chi connectivity index (χ3v) is 5.40. The number of rotatable bonds is 5. The van der Waals surface area contributed by atoms with Crippen LogP contribution in [0.25, 0.3) is 0 Å². The van der Waals surface area contributed by atoms with Crippen LogP contribution >= 0.6 is 0 Å². The number of hydrogen-bond donors (Lipinski definition) is 1. The van der Waals surface area contributed by atoms with Crippen molar-refractivity contribution in [1.29, 1.82) is 0 Å². The first-order valence-electron chi connectivity index (χ1n) is 5.27. The summed E-state index contributed by atoms with van der Waals surface area (Å²) in [4.78, 5) is 0. The monoisotopic (exact) mass is 225 g/mol. The number of nitrogen functional groups attached to an aromatic ring is 1. The van der Waals surface area contributed by atoms with Crippen LogP contribution in [0.5, 0.6) is 0 Å². The molecule has 0 heterocycles. The van der Waals surface area contributed by atoms with Crippen molar-refractivity contribution in [3.63, 3.8) is 0 Å². The molecule has 0 aliphatic rings. The summed E-state index contributed by atoms with van der Waals surface area (Å²) in [5.74, 6) is 0. The van der Waals surface area contributed by atoms with E-state index >= 15 is 0 Å². The van der Waals surface area contributed by atoms with Crippen molar-refractivity contribution in [1.82, 2.24) is 0 Å². The van der Waals surface area contributed by atoms with E-state index in [1.54, 1.807) is 0 Å². The Balaban J connectivity index is 3.03. The van der Waals surface area contributed by atoms with Gasteiger partial charge in [-0.3, -0.25) is 0 Å². The van der Waals surface area contributed by atoms with Gasteiger partial charge in [0.05, 0.1) is 0 Å². The molecule has 0 amide bonds. The molecule has 0 aromatic heterocycles. The van der Waals surface area contributed by atoms with Crippen molar-refractivity contribution in [2.24, 2.45) is 0 Å². The van der Waals surface area contributed by atoms with Gasteiger partial charge >= 0.3 is 8.56 Å². The lowest BCUT2D eigenvalue weighted by atomic mass is 10.3. The van der Waals surface area contributed by atoms with Crippen molar-refractivity contribution in [2.75, 3.05) is 18.9 Å². The summed E-state index contributed by atoms with van der Waals surface area (Å²) in [6.45, 7) is 7.28. The van der Waals surface area contributed by atoms with Gasteiger partial charge in [0.25, 0.3) is 0 Å². The Hall–Kier alpha value is -0.843. The third kappa shape index (κ3) is 2.81. The zero-order valence-electron chi connectivity index (χ0n) is 9.62. The molecule has 0 bridgehead atoms. The van der Waals surface area contributed by atoms with Gasteiger partial charge in [-0.1, -0.05) is 18.2 Å². The van der Waals surface area contributed by atoms with Crippen LogP contribution < -0.4 is 10.9 Å². The van der Waals surface area contributed by atoms with Crippen molar-refractivity contribution in [3.8, 4) is 0 Å². The lowest BCUT2D eigenvalue weighted by molar-refractivity contribution is 0.202. The summed E-state index contributed by atoms with van der Waals surface area (Å²) in [7, 11) is -2.30. The van der Waals surface area contributed by atoms with E-state index in [1.807, 2.05) is 44.7 Å². The molecule has 1 rings (SSSR count). The molecule has 2 N–H and O–H groups in total. The maximum absolute atomic E-state index is 5.94. The number of hydrogen-bond acceptors (Lipinski definition) is 3. The van der Waals surface area contributed by atoms with Crippen LogP contribution in [0, 0.1) is 0 Å². The SMILES string of the molecule is CCO[Si](C)(OCC)c1ccccc1N. The van der Waals surface area contributed by atoms with Crippen LogP contribution in [-0.2, 0) is 8.85 Å². The second kappa shape index (κ2) is 5.30. The molecule has 84 valence electrons. The van der Waals surface area contributed by atoms with Gasteiger partial charge in [-0.05, 0) is 26.5 Å². The van der Waals surface area contributed by atoms with Gasteiger partial charge in [0, 0.05) is 24.1 Å². The van der Waals surface area contributed by atoms with E-state index < -0.39 is 8.56 Å². The number of benzene rings is 1. The maximum Gasteiger partial charge on any atom is 0.371 e. The molecule has 3 nitrogen and oxygen atoms in total.